The van der Waals surface area contributed by atoms with Gasteiger partial charge in [0.15, 0.2) is 0 Å². The number of hydrogen-bond donors (Lipinski definition) is 1. The fourth-order valence-electron chi connectivity index (χ4n) is 3.22. The molecular weight excluding hydrogens is 372 g/mol. The van der Waals surface area contributed by atoms with Crippen molar-refractivity contribution in [2.45, 2.75) is 11.4 Å². The molecule has 3 aliphatic rings. The Bertz CT molecular complexity index is 1130. The van der Waals surface area contributed by atoms with E-state index in [9.17, 15) is 9.90 Å². The first kappa shape index (κ1) is 15.5. The Morgan fingerprint density at radius 1 is 1.08 bits per heavy atom. The van der Waals surface area contributed by atoms with Crippen LogP contribution < -0.4 is 4.90 Å². The molecular formula is C18H11ClN4O2S. The van der Waals surface area contributed by atoms with Crippen LogP contribution in [0.25, 0.3) is 21.6 Å². The molecule has 0 radical (unpaired) electrons. The number of para-hydroxylation sites is 2. The minimum absolute atomic E-state index is 0.0943. The molecule has 3 heterocycles. The van der Waals surface area contributed by atoms with Gasteiger partial charge in [0.1, 0.15) is 21.8 Å². The van der Waals surface area contributed by atoms with Crippen molar-refractivity contribution in [2.24, 2.45) is 0 Å². The highest BCUT2D eigenvalue weighted by Gasteiger charge is 2.50. The van der Waals surface area contributed by atoms with E-state index < -0.39 is 11.4 Å². The number of β-lactam (4-membered cyclic amide) rings is 1. The number of amides is 1. The Hall–Kier alpha value is -2.77. The summed E-state index contributed by atoms with van der Waals surface area (Å²) in [5, 5.41) is 20.0. The van der Waals surface area contributed by atoms with Crippen molar-refractivity contribution in [2.75, 3.05) is 4.90 Å². The molecule has 0 bridgehead atoms. The van der Waals surface area contributed by atoms with E-state index in [1.165, 1.54) is 16.2 Å². The topological polar surface area (TPSA) is 79.2 Å². The van der Waals surface area contributed by atoms with Gasteiger partial charge in [-0.2, -0.15) is 0 Å². The molecule has 1 amide bonds. The van der Waals surface area contributed by atoms with Crippen LogP contribution in [0.4, 0.5) is 5.13 Å². The van der Waals surface area contributed by atoms with Gasteiger partial charge in [-0.15, -0.1) is 21.8 Å². The number of benzene rings is 2. The summed E-state index contributed by atoms with van der Waals surface area (Å²) in [6.45, 7) is 0. The first-order valence-electron chi connectivity index (χ1n) is 7.92. The van der Waals surface area contributed by atoms with Crippen LogP contribution >= 0.6 is 22.9 Å². The van der Waals surface area contributed by atoms with Gasteiger partial charge >= 0.3 is 0 Å². The van der Waals surface area contributed by atoms with Crippen LogP contribution in [-0.4, -0.2) is 31.6 Å². The predicted octanol–water partition coefficient (Wildman–Crippen LogP) is 3.59. The summed E-state index contributed by atoms with van der Waals surface area (Å²) in [5.41, 5.74) is 2.14. The number of rotatable bonds is 2. The number of aromatic nitrogens is 3. The quantitative estimate of drug-likeness (QED) is 0.423. The number of alkyl halides is 1. The summed E-state index contributed by atoms with van der Waals surface area (Å²) in [5.74, 6) is -0.169. The highest BCUT2D eigenvalue weighted by molar-refractivity contribution is 7.18. The van der Waals surface area contributed by atoms with Crippen LogP contribution in [0.1, 0.15) is 11.6 Å². The van der Waals surface area contributed by atoms with Gasteiger partial charge in [0.2, 0.25) is 11.0 Å². The lowest BCUT2D eigenvalue weighted by Gasteiger charge is -2.43. The average molecular weight is 383 g/mol. The van der Waals surface area contributed by atoms with Crippen molar-refractivity contribution in [1.29, 1.82) is 0 Å². The van der Waals surface area contributed by atoms with Crippen molar-refractivity contribution in [3.63, 3.8) is 0 Å². The first-order valence-corrected chi connectivity index (χ1v) is 9.17. The molecule has 6 nitrogen and oxygen atoms in total. The van der Waals surface area contributed by atoms with Crippen molar-refractivity contribution in [3.05, 3.63) is 54.1 Å². The summed E-state index contributed by atoms with van der Waals surface area (Å²) in [7, 11) is 0. The van der Waals surface area contributed by atoms with E-state index in [1.807, 2.05) is 24.3 Å². The average Bonchev–Trinajstić information content (AvgIpc) is 3.03. The van der Waals surface area contributed by atoms with Crippen molar-refractivity contribution < 1.29 is 9.90 Å². The van der Waals surface area contributed by atoms with Gasteiger partial charge in [-0.3, -0.25) is 9.69 Å². The third-order valence-corrected chi connectivity index (χ3v) is 5.86. The number of halogens is 1. The fourth-order valence-corrected chi connectivity index (χ4v) is 4.52. The maximum absolute atomic E-state index is 12.4. The lowest BCUT2D eigenvalue weighted by Crippen LogP contribution is -2.56. The van der Waals surface area contributed by atoms with E-state index >= 15 is 0 Å². The maximum Gasteiger partial charge on any atom is 0.250 e. The number of carbonyl (C=O) groups excluding carboxylic acids is 1. The molecule has 26 heavy (non-hydrogen) atoms. The largest absolute Gasteiger partial charge is 0.508 e. The van der Waals surface area contributed by atoms with Crippen molar-refractivity contribution in [3.8, 4) is 16.5 Å². The molecule has 1 N–H and O–H groups in total. The van der Waals surface area contributed by atoms with Crippen LogP contribution in [-0.2, 0) is 4.79 Å². The zero-order chi connectivity index (χ0) is 17.8. The first-order chi connectivity index (χ1) is 12.6. The molecule has 1 fully saturated rings. The lowest BCUT2D eigenvalue weighted by molar-refractivity contribution is -0.123. The van der Waals surface area contributed by atoms with E-state index in [-0.39, 0.29) is 11.7 Å². The van der Waals surface area contributed by atoms with Gasteiger partial charge in [-0.25, -0.2) is 4.98 Å². The van der Waals surface area contributed by atoms with Crippen LogP contribution in [0.15, 0.2) is 48.5 Å². The zero-order valence-electron chi connectivity index (χ0n) is 13.2. The Labute approximate surface area is 157 Å². The molecule has 5 rings (SSSR count). The number of phenolic OH excluding ortho intramolecular Hbond substituents is 1. The Morgan fingerprint density at radius 2 is 1.85 bits per heavy atom. The van der Waals surface area contributed by atoms with Gasteiger partial charge in [0.05, 0.1) is 11.6 Å². The molecule has 3 aliphatic heterocycles. The van der Waals surface area contributed by atoms with Crippen LogP contribution in [0.5, 0.6) is 5.75 Å². The molecule has 0 spiro atoms. The molecule has 8 heteroatoms. The second-order valence-electron chi connectivity index (χ2n) is 5.98. The summed E-state index contributed by atoms with van der Waals surface area (Å²) in [6, 6.07) is 14.1. The second-order valence-corrected chi connectivity index (χ2v) is 7.41. The van der Waals surface area contributed by atoms with Crippen molar-refractivity contribution in [1.82, 2.24) is 15.2 Å². The lowest BCUT2D eigenvalue weighted by atomic mass is 9.93. The number of carbonyl (C=O) groups is 1. The highest BCUT2D eigenvalue weighted by Crippen LogP contribution is 2.46. The van der Waals surface area contributed by atoms with Crippen LogP contribution in [0, 0.1) is 0 Å². The number of fused-ring (bicyclic) bond motifs is 3. The number of hydrogen-bond acceptors (Lipinski definition) is 6. The van der Waals surface area contributed by atoms with E-state index in [4.69, 9.17) is 11.6 Å². The molecule has 128 valence electrons. The Balaban J connectivity index is 1.62. The van der Waals surface area contributed by atoms with Gasteiger partial charge < -0.3 is 5.11 Å². The molecule has 1 saturated heterocycles. The standard InChI is InChI=1S/C18H11ClN4O2S/c19-13-15(10-6-2-4-8-12(10)24)23(17(13)25)18-22-21-14-9-5-1-3-7-11(9)20-16(14)26-18/h1-8,13,15,24H. The molecule has 2 aromatic carbocycles. The normalized spacial score (nSPS) is 19.9. The molecule has 0 saturated carbocycles. The van der Waals surface area contributed by atoms with Crippen LogP contribution in [0.3, 0.4) is 0 Å². The highest BCUT2D eigenvalue weighted by atomic mass is 35.5. The third kappa shape index (κ3) is 2.11. The molecule has 2 aromatic rings. The second kappa shape index (κ2) is 5.62. The molecule has 0 aliphatic carbocycles. The maximum atomic E-state index is 12.4. The van der Waals surface area contributed by atoms with E-state index in [1.54, 1.807) is 24.3 Å². The summed E-state index contributed by atoms with van der Waals surface area (Å²) in [6.07, 6.45) is 0. The number of nitrogens with zero attached hydrogens (tertiary/aromatic N) is 4. The van der Waals surface area contributed by atoms with Crippen molar-refractivity contribution >= 4 is 44.9 Å². The molecule has 2 atom stereocenters. The Morgan fingerprint density at radius 3 is 2.69 bits per heavy atom. The van der Waals surface area contributed by atoms with Gasteiger partial charge in [-0.05, 0) is 12.1 Å². The number of phenols is 1. The van der Waals surface area contributed by atoms with Gasteiger partial charge in [0.25, 0.3) is 0 Å². The SMILES string of the molecule is O=C1C(Cl)C(c2ccccc2O)N1c1nnc2c3ccccc3nc-2s1. The monoisotopic (exact) mass is 382 g/mol. The minimum Gasteiger partial charge on any atom is -0.508 e. The fraction of sp³-hybridized carbons (Fsp3) is 0.111. The van der Waals surface area contributed by atoms with E-state index in [2.05, 4.69) is 15.2 Å². The molecule has 2 unspecified atom stereocenters. The zero-order valence-corrected chi connectivity index (χ0v) is 14.8. The van der Waals surface area contributed by atoms with E-state index in [0.29, 0.717) is 21.4 Å². The van der Waals surface area contributed by atoms with E-state index in [0.717, 1.165) is 10.9 Å². The smallest absolute Gasteiger partial charge is 0.250 e. The minimum atomic E-state index is -0.750. The number of anilines is 1. The number of aromatic hydroxyl groups is 1. The van der Waals surface area contributed by atoms with Gasteiger partial charge in [0, 0.05) is 10.9 Å². The summed E-state index contributed by atoms with van der Waals surface area (Å²) >= 11 is 7.52. The summed E-state index contributed by atoms with van der Waals surface area (Å²) < 4.78 is 0. The summed E-state index contributed by atoms with van der Waals surface area (Å²) in [4.78, 5) is 18.4. The van der Waals surface area contributed by atoms with Gasteiger partial charge in [-0.1, -0.05) is 47.7 Å². The predicted molar refractivity (Wildman–Crippen MR) is 99.8 cm³/mol. The third-order valence-electron chi connectivity index (χ3n) is 4.50. The molecule has 0 aromatic heterocycles. The Kier molecular flexibility index (Phi) is 3.35. The van der Waals surface area contributed by atoms with Crippen LogP contribution in [0.2, 0.25) is 0 Å².